The van der Waals surface area contributed by atoms with E-state index >= 15 is 0 Å². The highest BCUT2D eigenvalue weighted by Crippen LogP contribution is 1.97. The molecule has 0 saturated carbocycles. The minimum Gasteiger partial charge on any atom is -0.370 e. The highest BCUT2D eigenvalue weighted by molar-refractivity contribution is 5.90. The van der Waals surface area contributed by atoms with Crippen LogP contribution in [0.25, 0.3) is 0 Å². The van der Waals surface area contributed by atoms with Crippen LogP contribution in [0.5, 0.6) is 0 Å². The van der Waals surface area contributed by atoms with Gasteiger partial charge in [-0.3, -0.25) is 14.7 Å². The molecule has 0 spiro atoms. The second-order valence-electron chi connectivity index (χ2n) is 4.04. The van der Waals surface area contributed by atoms with Crippen LogP contribution in [-0.4, -0.2) is 33.5 Å². The van der Waals surface area contributed by atoms with Gasteiger partial charge in [0.1, 0.15) is 5.82 Å². The van der Waals surface area contributed by atoms with Gasteiger partial charge in [-0.2, -0.15) is 0 Å². The van der Waals surface area contributed by atoms with Crippen LogP contribution in [0.2, 0.25) is 0 Å². The number of unbranched alkanes of at least 4 members (excludes halogenated alkanes) is 1. The maximum absolute atomic E-state index is 11.6. The topological polar surface area (TPSA) is 114 Å². The van der Waals surface area contributed by atoms with E-state index < -0.39 is 0 Å². The summed E-state index contributed by atoms with van der Waals surface area (Å²) in [5.74, 6) is 0.261. The number of hydrogen-bond acceptors (Lipinski definition) is 4. The van der Waals surface area contributed by atoms with Crippen molar-refractivity contribution >= 4 is 11.8 Å². The Kier molecular flexibility index (Phi) is 5.83. The first-order valence-electron chi connectivity index (χ1n) is 6.11. The summed E-state index contributed by atoms with van der Waals surface area (Å²) in [6.07, 6.45) is 3.45. The van der Waals surface area contributed by atoms with Crippen molar-refractivity contribution in [2.75, 3.05) is 6.54 Å². The number of aryl methyl sites for hydroxylation is 1. The first-order valence-corrected chi connectivity index (χ1v) is 6.11. The Hall–Kier alpha value is -1.92. The molecule has 0 unspecified atom stereocenters. The number of nitrogens with zero attached hydrogens (tertiary/aromatic N) is 2. The summed E-state index contributed by atoms with van der Waals surface area (Å²) in [6, 6.07) is 0. The molecule has 0 radical (unpaired) electrons. The Balaban J connectivity index is 2.25. The summed E-state index contributed by atoms with van der Waals surface area (Å²) in [7, 11) is 0. The first kappa shape index (κ1) is 14.1. The summed E-state index contributed by atoms with van der Waals surface area (Å²) in [4.78, 5) is 26.2. The van der Waals surface area contributed by atoms with Gasteiger partial charge in [0, 0.05) is 19.4 Å². The Morgan fingerprint density at radius 3 is 2.83 bits per heavy atom. The molecule has 1 heterocycles. The Morgan fingerprint density at radius 2 is 2.17 bits per heavy atom. The molecular weight excluding hydrogens is 234 g/mol. The number of amides is 2. The van der Waals surface area contributed by atoms with E-state index in [1.54, 1.807) is 0 Å². The minimum atomic E-state index is -0.320. The van der Waals surface area contributed by atoms with Crippen molar-refractivity contribution in [2.24, 2.45) is 5.73 Å². The molecule has 7 nitrogen and oxygen atoms in total. The molecule has 0 atom stereocenters. The molecule has 0 aliphatic heterocycles. The molecule has 0 aliphatic rings. The number of primary amides is 1. The summed E-state index contributed by atoms with van der Waals surface area (Å²) in [5, 5.41) is 9.25. The summed E-state index contributed by atoms with van der Waals surface area (Å²) in [5.41, 5.74) is 5.01. The van der Waals surface area contributed by atoms with Gasteiger partial charge >= 0.3 is 0 Å². The van der Waals surface area contributed by atoms with Gasteiger partial charge in [-0.1, -0.05) is 6.92 Å². The molecule has 0 fully saturated rings. The molecular formula is C11H19N5O2. The first-order chi connectivity index (χ1) is 8.63. The highest BCUT2D eigenvalue weighted by Gasteiger charge is 2.11. The van der Waals surface area contributed by atoms with Crippen LogP contribution in [0.4, 0.5) is 0 Å². The Morgan fingerprint density at radius 1 is 1.39 bits per heavy atom. The molecule has 4 N–H and O–H groups in total. The average Bonchev–Trinajstić information content (AvgIpc) is 2.77. The molecule has 0 bridgehead atoms. The number of nitrogens with one attached hydrogen (secondary N) is 2. The summed E-state index contributed by atoms with van der Waals surface area (Å²) in [6.45, 7) is 2.52. The lowest BCUT2D eigenvalue weighted by Crippen LogP contribution is -2.25. The third kappa shape index (κ3) is 4.94. The quantitative estimate of drug-likeness (QED) is 0.572. The molecule has 0 aromatic carbocycles. The predicted molar refractivity (Wildman–Crippen MR) is 65.8 cm³/mol. The Bertz CT molecular complexity index is 402. The fourth-order valence-electron chi connectivity index (χ4n) is 1.45. The molecule has 18 heavy (non-hydrogen) atoms. The molecule has 1 rings (SSSR count). The lowest BCUT2D eigenvalue weighted by atomic mass is 10.2. The van der Waals surface area contributed by atoms with Gasteiger partial charge in [0.15, 0.2) is 0 Å². The van der Waals surface area contributed by atoms with Crippen LogP contribution in [0, 0.1) is 0 Å². The number of rotatable bonds is 8. The van der Waals surface area contributed by atoms with Crippen molar-refractivity contribution in [1.29, 1.82) is 0 Å². The lowest BCUT2D eigenvalue weighted by Gasteiger charge is -2.01. The normalized spacial score (nSPS) is 10.3. The van der Waals surface area contributed by atoms with Crippen molar-refractivity contribution in [3.63, 3.8) is 0 Å². The smallest absolute Gasteiger partial charge is 0.290 e. The molecule has 1 aromatic heterocycles. The minimum absolute atomic E-state index is 0.161. The van der Waals surface area contributed by atoms with Crippen LogP contribution >= 0.6 is 0 Å². The summed E-state index contributed by atoms with van der Waals surface area (Å²) >= 11 is 0. The van der Waals surface area contributed by atoms with E-state index in [0.29, 0.717) is 25.8 Å². The number of carbonyl (C=O) groups excluding carboxylic acids is 2. The predicted octanol–water partition coefficient (Wildman–Crippen LogP) is 0.143. The van der Waals surface area contributed by atoms with Gasteiger partial charge in [0.2, 0.25) is 11.7 Å². The zero-order valence-corrected chi connectivity index (χ0v) is 10.5. The SMILES string of the molecule is CCCc1nc(C(=O)NCCCCC(N)=O)n[nH]1. The van der Waals surface area contributed by atoms with Crippen molar-refractivity contribution < 1.29 is 9.59 Å². The van der Waals surface area contributed by atoms with Gasteiger partial charge in [-0.25, -0.2) is 4.98 Å². The zero-order valence-electron chi connectivity index (χ0n) is 10.5. The zero-order chi connectivity index (χ0) is 13.4. The number of nitrogens with two attached hydrogens (primary N) is 1. The van der Waals surface area contributed by atoms with Crippen molar-refractivity contribution in [3.05, 3.63) is 11.6 Å². The molecule has 2 amide bonds. The van der Waals surface area contributed by atoms with E-state index in [-0.39, 0.29) is 17.6 Å². The fourth-order valence-corrected chi connectivity index (χ4v) is 1.45. The van der Waals surface area contributed by atoms with Gasteiger partial charge < -0.3 is 11.1 Å². The van der Waals surface area contributed by atoms with E-state index in [2.05, 4.69) is 20.5 Å². The summed E-state index contributed by atoms with van der Waals surface area (Å²) < 4.78 is 0. The standard InChI is InChI=1S/C11H19N5O2/c1-2-5-9-14-10(16-15-9)11(18)13-7-4-3-6-8(12)17/h2-7H2,1H3,(H2,12,17)(H,13,18)(H,14,15,16). The number of aromatic nitrogens is 3. The van der Waals surface area contributed by atoms with Crippen molar-refractivity contribution in [1.82, 2.24) is 20.5 Å². The molecule has 0 aliphatic carbocycles. The second-order valence-corrected chi connectivity index (χ2v) is 4.04. The van der Waals surface area contributed by atoms with Gasteiger partial charge in [-0.15, -0.1) is 5.10 Å². The maximum Gasteiger partial charge on any atom is 0.290 e. The third-order valence-electron chi connectivity index (χ3n) is 2.36. The van der Waals surface area contributed by atoms with Crippen LogP contribution in [-0.2, 0) is 11.2 Å². The average molecular weight is 253 g/mol. The highest BCUT2D eigenvalue weighted by atomic mass is 16.2. The van der Waals surface area contributed by atoms with E-state index in [9.17, 15) is 9.59 Å². The van der Waals surface area contributed by atoms with Crippen LogP contribution in [0.3, 0.4) is 0 Å². The largest absolute Gasteiger partial charge is 0.370 e. The molecule has 7 heteroatoms. The monoisotopic (exact) mass is 253 g/mol. The third-order valence-corrected chi connectivity index (χ3v) is 2.36. The number of hydrogen-bond donors (Lipinski definition) is 3. The lowest BCUT2D eigenvalue weighted by molar-refractivity contribution is -0.118. The maximum atomic E-state index is 11.6. The van der Waals surface area contributed by atoms with E-state index in [0.717, 1.165) is 18.7 Å². The molecule has 1 aromatic rings. The van der Waals surface area contributed by atoms with E-state index in [4.69, 9.17) is 5.73 Å². The number of aromatic amines is 1. The van der Waals surface area contributed by atoms with Gasteiger partial charge in [0.25, 0.3) is 5.91 Å². The van der Waals surface area contributed by atoms with Gasteiger partial charge in [-0.05, 0) is 19.3 Å². The van der Waals surface area contributed by atoms with E-state index in [1.807, 2.05) is 6.92 Å². The molecule has 0 saturated heterocycles. The molecule has 100 valence electrons. The van der Waals surface area contributed by atoms with Crippen LogP contribution in [0.15, 0.2) is 0 Å². The second kappa shape index (κ2) is 7.41. The fraction of sp³-hybridized carbons (Fsp3) is 0.636. The van der Waals surface area contributed by atoms with Gasteiger partial charge in [0.05, 0.1) is 0 Å². The van der Waals surface area contributed by atoms with Crippen molar-refractivity contribution in [2.45, 2.75) is 39.0 Å². The Labute approximate surface area is 106 Å². The van der Waals surface area contributed by atoms with Crippen molar-refractivity contribution in [3.8, 4) is 0 Å². The van der Waals surface area contributed by atoms with Crippen LogP contribution in [0.1, 0.15) is 49.1 Å². The number of H-pyrrole nitrogens is 1. The van der Waals surface area contributed by atoms with Crippen LogP contribution < -0.4 is 11.1 Å². The number of carbonyl (C=O) groups is 2. The van der Waals surface area contributed by atoms with E-state index in [1.165, 1.54) is 0 Å².